The number of amides is 1. The lowest BCUT2D eigenvalue weighted by Gasteiger charge is -2.22. The number of hydrogen-bond donors (Lipinski definition) is 1. The van der Waals surface area contributed by atoms with Crippen LogP contribution >= 0.6 is 0 Å². The smallest absolute Gasteiger partial charge is 0.407 e. The largest absolute Gasteiger partial charge is 0.444 e. The van der Waals surface area contributed by atoms with Gasteiger partial charge in [-0.1, -0.05) is 0 Å². The average molecular weight is 309 g/mol. The Labute approximate surface area is 132 Å². The Hall–Kier alpha value is -1.56. The molecule has 2 unspecified atom stereocenters. The Morgan fingerprint density at radius 2 is 2.23 bits per heavy atom. The number of nitrogens with zero attached hydrogens (tertiary/aromatic N) is 2. The van der Waals surface area contributed by atoms with Crippen LogP contribution in [0.4, 0.5) is 4.79 Å². The van der Waals surface area contributed by atoms with Crippen LogP contribution in [0.2, 0.25) is 0 Å². The fourth-order valence-corrected chi connectivity index (χ4v) is 2.93. The fourth-order valence-electron chi connectivity index (χ4n) is 2.93. The van der Waals surface area contributed by atoms with Gasteiger partial charge < -0.3 is 19.4 Å². The zero-order valence-corrected chi connectivity index (χ0v) is 14.0. The quantitative estimate of drug-likeness (QED) is 0.908. The third kappa shape index (κ3) is 4.47. The van der Waals surface area contributed by atoms with Gasteiger partial charge in [0, 0.05) is 32.0 Å². The first-order valence-corrected chi connectivity index (χ1v) is 7.91. The van der Waals surface area contributed by atoms with Gasteiger partial charge in [-0.3, -0.25) is 0 Å². The summed E-state index contributed by atoms with van der Waals surface area (Å²) >= 11 is 0. The maximum atomic E-state index is 11.7. The molecular formula is C16H27N3O3. The maximum Gasteiger partial charge on any atom is 0.407 e. The summed E-state index contributed by atoms with van der Waals surface area (Å²) in [5.41, 5.74) is 0.645. The minimum absolute atomic E-state index is 0.256. The van der Waals surface area contributed by atoms with Gasteiger partial charge in [-0.25, -0.2) is 9.78 Å². The molecular weight excluding hydrogens is 282 g/mol. The first-order valence-electron chi connectivity index (χ1n) is 7.91. The highest BCUT2D eigenvalue weighted by molar-refractivity contribution is 5.67. The molecule has 0 radical (unpaired) electrons. The molecule has 1 aliphatic carbocycles. The van der Waals surface area contributed by atoms with Crippen molar-refractivity contribution in [2.45, 2.75) is 64.2 Å². The van der Waals surface area contributed by atoms with Crippen LogP contribution in [0.25, 0.3) is 0 Å². The van der Waals surface area contributed by atoms with Crippen molar-refractivity contribution in [3.63, 3.8) is 0 Å². The molecule has 1 fully saturated rings. The van der Waals surface area contributed by atoms with Crippen LogP contribution in [-0.2, 0) is 15.9 Å². The van der Waals surface area contributed by atoms with Gasteiger partial charge in [0.25, 0.3) is 0 Å². The van der Waals surface area contributed by atoms with Crippen molar-refractivity contribution in [1.29, 1.82) is 0 Å². The van der Waals surface area contributed by atoms with Crippen LogP contribution in [0, 0.1) is 0 Å². The molecule has 1 saturated carbocycles. The van der Waals surface area contributed by atoms with Crippen molar-refractivity contribution in [2.75, 3.05) is 13.7 Å². The molecule has 0 saturated heterocycles. The van der Waals surface area contributed by atoms with E-state index in [-0.39, 0.29) is 12.2 Å². The predicted molar refractivity (Wildman–Crippen MR) is 83.9 cm³/mol. The Morgan fingerprint density at radius 1 is 1.45 bits per heavy atom. The van der Waals surface area contributed by atoms with E-state index >= 15 is 0 Å². The molecule has 0 aliphatic heterocycles. The van der Waals surface area contributed by atoms with Crippen LogP contribution in [-0.4, -0.2) is 41.0 Å². The lowest BCUT2D eigenvalue weighted by molar-refractivity contribution is 0.0527. The summed E-state index contributed by atoms with van der Waals surface area (Å²) in [5, 5.41) is 2.79. The van der Waals surface area contributed by atoms with E-state index in [9.17, 15) is 4.79 Å². The summed E-state index contributed by atoms with van der Waals surface area (Å²) in [6.45, 7) is 6.09. The molecule has 1 heterocycles. The van der Waals surface area contributed by atoms with Gasteiger partial charge in [-0.2, -0.15) is 0 Å². The highest BCUT2D eigenvalue weighted by Gasteiger charge is 2.29. The number of ether oxygens (including phenoxy) is 2. The minimum Gasteiger partial charge on any atom is -0.444 e. The zero-order chi connectivity index (χ0) is 16.2. The van der Waals surface area contributed by atoms with Gasteiger partial charge >= 0.3 is 6.09 Å². The zero-order valence-electron chi connectivity index (χ0n) is 14.0. The van der Waals surface area contributed by atoms with Crippen molar-refractivity contribution in [2.24, 2.45) is 0 Å². The number of aromatic nitrogens is 2. The first kappa shape index (κ1) is 16.8. The molecule has 6 heteroatoms. The van der Waals surface area contributed by atoms with E-state index in [0.717, 1.165) is 25.0 Å². The number of nitrogens with one attached hydrogen (secondary N) is 1. The summed E-state index contributed by atoms with van der Waals surface area (Å²) in [7, 11) is 1.77. The minimum atomic E-state index is -0.471. The highest BCUT2D eigenvalue weighted by atomic mass is 16.6. The molecule has 2 rings (SSSR count). The number of rotatable bonds is 5. The molecule has 0 aromatic carbocycles. The monoisotopic (exact) mass is 309 g/mol. The number of imidazole rings is 1. The number of hydrogen-bond acceptors (Lipinski definition) is 4. The Balaban J connectivity index is 1.87. The number of carbonyl (C=O) groups excluding carboxylic acids is 1. The van der Waals surface area contributed by atoms with Crippen LogP contribution in [0.3, 0.4) is 0 Å². The molecule has 0 spiro atoms. The van der Waals surface area contributed by atoms with Gasteiger partial charge in [-0.15, -0.1) is 0 Å². The van der Waals surface area contributed by atoms with E-state index in [4.69, 9.17) is 9.47 Å². The van der Waals surface area contributed by atoms with Crippen molar-refractivity contribution >= 4 is 6.09 Å². The van der Waals surface area contributed by atoms with Crippen molar-refractivity contribution in [3.05, 3.63) is 18.2 Å². The van der Waals surface area contributed by atoms with Gasteiger partial charge in [-0.05, 0) is 40.0 Å². The van der Waals surface area contributed by atoms with Crippen LogP contribution in [0.15, 0.2) is 12.5 Å². The summed E-state index contributed by atoms with van der Waals surface area (Å²) in [5.74, 6) is 0. The van der Waals surface area contributed by atoms with Crippen LogP contribution in [0.5, 0.6) is 0 Å². The highest BCUT2D eigenvalue weighted by Crippen LogP contribution is 2.32. The molecule has 22 heavy (non-hydrogen) atoms. The number of alkyl carbamates (subject to hydrolysis) is 1. The Bertz CT molecular complexity index is 493. The van der Waals surface area contributed by atoms with Crippen LogP contribution < -0.4 is 5.32 Å². The Morgan fingerprint density at radius 3 is 2.91 bits per heavy atom. The van der Waals surface area contributed by atoms with Gasteiger partial charge in [0.1, 0.15) is 5.60 Å². The fraction of sp³-hybridized carbons (Fsp3) is 0.750. The molecule has 1 amide bonds. The molecule has 6 nitrogen and oxygen atoms in total. The van der Waals surface area contributed by atoms with Crippen molar-refractivity contribution < 1.29 is 14.3 Å². The van der Waals surface area contributed by atoms with Crippen molar-refractivity contribution in [1.82, 2.24) is 14.9 Å². The second-order valence-corrected chi connectivity index (χ2v) is 6.74. The molecule has 2 atom stereocenters. The molecule has 1 aromatic rings. The average Bonchev–Trinajstić information content (AvgIpc) is 3.03. The molecule has 0 bridgehead atoms. The van der Waals surface area contributed by atoms with Crippen LogP contribution in [0.1, 0.15) is 51.8 Å². The van der Waals surface area contributed by atoms with E-state index in [0.29, 0.717) is 12.6 Å². The molecule has 1 N–H and O–H groups in total. The molecule has 124 valence electrons. The van der Waals surface area contributed by atoms with Gasteiger partial charge in [0.15, 0.2) is 0 Å². The summed E-state index contributed by atoms with van der Waals surface area (Å²) in [6, 6.07) is 0.351. The molecule has 1 aliphatic rings. The topological polar surface area (TPSA) is 65.4 Å². The third-order valence-corrected chi connectivity index (χ3v) is 3.87. The SMILES string of the molecule is COC1CCCC1n1cncc1CCNC(=O)OC(C)(C)C. The number of methoxy groups -OCH3 is 1. The predicted octanol–water partition coefficient (Wildman–Crippen LogP) is 2.69. The second kappa shape index (κ2) is 7.13. The summed E-state index contributed by atoms with van der Waals surface area (Å²) < 4.78 is 13.0. The van der Waals surface area contributed by atoms with E-state index in [2.05, 4.69) is 14.9 Å². The maximum absolute atomic E-state index is 11.7. The first-order chi connectivity index (χ1) is 10.4. The third-order valence-electron chi connectivity index (χ3n) is 3.87. The van der Waals surface area contributed by atoms with Gasteiger partial charge in [0.2, 0.25) is 0 Å². The van der Waals surface area contributed by atoms with E-state index in [1.165, 1.54) is 6.42 Å². The molecule has 1 aromatic heterocycles. The lowest BCUT2D eigenvalue weighted by atomic mass is 10.2. The summed E-state index contributed by atoms with van der Waals surface area (Å²) in [4.78, 5) is 15.9. The lowest BCUT2D eigenvalue weighted by Crippen LogP contribution is -2.34. The van der Waals surface area contributed by atoms with Crippen molar-refractivity contribution in [3.8, 4) is 0 Å². The Kier molecular flexibility index (Phi) is 5.45. The van der Waals surface area contributed by atoms with Gasteiger partial charge in [0.05, 0.1) is 18.5 Å². The normalized spacial score (nSPS) is 21.8. The van der Waals surface area contributed by atoms with E-state index < -0.39 is 5.60 Å². The number of carbonyl (C=O) groups is 1. The van der Waals surface area contributed by atoms with E-state index in [1.54, 1.807) is 7.11 Å². The van der Waals surface area contributed by atoms with E-state index in [1.807, 2.05) is 33.3 Å². The second-order valence-electron chi connectivity index (χ2n) is 6.74. The standard InChI is InChI=1S/C16H27N3O3/c1-16(2,3)22-15(20)18-9-8-12-10-17-11-19(12)13-6-5-7-14(13)21-4/h10-11,13-14H,5-9H2,1-4H3,(H,18,20). The summed E-state index contributed by atoms with van der Waals surface area (Å²) in [6.07, 6.45) is 7.72.